The van der Waals surface area contributed by atoms with Gasteiger partial charge in [-0.1, -0.05) is 18.2 Å². The highest BCUT2D eigenvalue weighted by Gasteiger charge is 2.22. The number of rotatable bonds is 9. The van der Waals surface area contributed by atoms with E-state index in [0.717, 1.165) is 12.1 Å². The van der Waals surface area contributed by atoms with Gasteiger partial charge in [0.05, 0.1) is 5.69 Å². The van der Waals surface area contributed by atoms with Gasteiger partial charge in [-0.25, -0.2) is 8.78 Å². The van der Waals surface area contributed by atoms with Gasteiger partial charge in [-0.15, -0.1) is 0 Å². The summed E-state index contributed by atoms with van der Waals surface area (Å²) < 4.78 is 32.1. The molecular formula is C19H20F2N2O3S. The van der Waals surface area contributed by atoms with Crippen LogP contribution in [0.3, 0.4) is 0 Å². The molecule has 2 N–H and O–H groups in total. The maximum absolute atomic E-state index is 13.7. The van der Waals surface area contributed by atoms with Gasteiger partial charge in [0.25, 0.3) is 5.91 Å². The molecule has 5 nitrogen and oxygen atoms in total. The van der Waals surface area contributed by atoms with Crippen molar-refractivity contribution in [3.8, 4) is 5.75 Å². The largest absolute Gasteiger partial charge is 0.484 e. The quantitative estimate of drug-likeness (QED) is 0.685. The Balaban J connectivity index is 1.96. The number of para-hydroxylation sites is 1. The summed E-state index contributed by atoms with van der Waals surface area (Å²) in [7, 11) is 0. The summed E-state index contributed by atoms with van der Waals surface area (Å²) in [5, 5.41) is 4.97. The number of carbonyl (C=O) groups excluding carboxylic acids is 2. The van der Waals surface area contributed by atoms with Crippen LogP contribution in [0.25, 0.3) is 0 Å². The summed E-state index contributed by atoms with van der Waals surface area (Å²) in [5.74, 6) is -1.53. The Kier molecular flexibility index (Phi) is 8.06. The van der Waals surface area contributed by atoms with Crippen molar-refractivity contribution in [3.63, 3.8) is 0 Å². The Labute approximate surface area is 160 Å². The molecule has 2 amide bonds. The third kappa shape index (κ3) is 6.90. The van der Waals surface area contributed by atoms with Crippen LogP contribution in [0, 0.1) is 11.6 Å². The lowest BCUT2D eigenvalue weighted by molar-refractivity contribution is -0.127. The molecule has 0 heterocycles. The van der Waals surface area contributed by atoms with Crippen molar-refractivity contribution in [3.05, 3.63) is 60.2 Å². The number of benzene rings is 2. The second-order valence-electron chi connectivity index (χ2n) is 5.62. The van der Waals surface area contributed by atoms with Gasteiger partial charge < -0.3 is 15.4 Å². The normalized spacial score (nSPS) is 11.5. The zero-order valence-corrected chi connectivity index (χ0v) is 15.5. The Morgan fingerprint density at radius 2 is 1.89 bits per heavy atom. The van der Waals surface area contributed by atoms with Crippen LogP contribution in [-0.2, 0) is 9.59 Å². The number of ether oxygens (including phenoxy) is 1. The van der Waals surface area contributed by atoms with E-state index >= 15 is 0 Å². The Hall–Kier alpha value is -2.61. The number of thioether (sulfide) groups is 1. The molecule has 0 fully saturated rings. The fourth-order valence-electron chi connectivity index (χ4n) is 2.22. The molecule has 1 atom stereocenters. The minimum Gasteiger partial charge on any atom is -0.484 e. The van der Waals surface area contributed by atoms with Crippen molar-refractivity contribution in [1.82, 2.24) is 5.32 Å². The molecule has 2 rings (SSSR count). The molecule has 27 heavy (non-hydrogen) atoms. The first kappa shape index (κ1) is 20.7. The smallest absolute Gasteiger partial charge is 0.258 e. The van der Waals surface area contributed by atoms with Gasteiger partial charge >= 0.3 is 0 Å². The molecule has 0 unspecified atom stereocenters. The summed E-state index contributed by atoms with van der Waals surface area (Å²) in [6.45, 7) is -0.252. The van der Waals surface area contributed by atoms with E-state index in [-0.39, 0.29) is 12.3 Å². The monoisotopic (exact) mass is 394 g/mol. The number of halogens is 2. The number of hydrogen-bond acceptors (Lipinski definition) is 4. The molecule has 0 spiro atoms. The van der Waals surface area contributed by atoms with Crippen LogP contribution in [-0.4, -0.2) is 36.5 Å². The average molecular weight is 394 g/mol. The molecule has 2 aromatic rings. The highest BCUT2D eigenvalue weighted by Crippen LogP contribution is 2.16. The van der Waals surface area contributed by atoms with Crippen LogP contribution in [0.4, 0.5) is 14.5 Å². The van der Waals surface area contributed by atoms with Crippen LogP contribution in [0.15, 0.2) is 48.5 Å². The fraction of sp³-hybridized carbons (Fsp3) is 0.263. The molecule has 144 valence electrons. The summed E-state index contributed by atoms with van der Waals surface area (Å²) in [6.07, 6.45) is 2.22. The Morgan fingerprint density at radius 3 is 2.56 bits per heavy atom. The lowest BCUT2D eigenvalue weighted by atomic mass is 10.2. The first-order valence-electron chi connectivity index (χ1n) is 8.21. The lowest BCUT2D eigenvalue weighted by Gasteiger charge is -2.18. The molecule has 0 radical (unpaired) electrons. The van der Waals surface area contributed by atoms with E-state index in [1.807, 2.05) is 12.3 Å². The van der Waals surface area contributed by atoms with E-state index in [2.05, 4.69) is 10.6 Å². The Bertz CT molecular complexity index is 775. The summed E-state index contributed by atoms with van der Waals surface area (Å²) >= 11 is 1.51. The average Bonchev–Trinajstić information content (AvgIpc) is 2.66. The third-order valence-corrected chi connectivity index (χ3v) is 4.21. The van der Waals surface area contributed by atoms with Gasteiger partial charge in [0, 0.05) is 6.07 Å². The van der Waals surface area contributed by atoms with E-state index < -0.39 is 29.5 Å². The molecule has 0 aliphatic carbocycles. The van der Waals surface area contributed by atoms with E-state index in [9.17, 15) is 18.4 Å². The van der Waals surface area contributed by atoms with Crippen molar-refractivity contribution in [2.75, 3.05) is 23.9 Å². The highest BCUT2D eigenvalue weighted by molar-refractivity contribution is 7.98. The predicted octanol–water partition coefficient (Wildman–Crippen LogP) is 3.22. The van der Waals surface area contributed by atoms with Crippen molar-refractivity contribution in [2.24, 2.45) is 0 Å². The van der Waals surface area contributed by atoms with Crippen molar-refractivity contribution in [1.29, 1.82) is 0 Å². The van der Waals surface area contributed by atoms with Gasteiger partial charge in [-0.05, 0) is 42.7 Å². The second kappa shape index (κ2) is 10.5. The molecular weight excluding hydrogens is 374 g/mol. The molecule has 0 saturated heterocycles. The Morgan fingerprint density at radius 1 is 1.15 bits per heavy atom. The first-order valence-corrected chi connectivity index (χ1v) is 9.61. The van der Waals surface area contributed by atoms with Crippen LogP contribution < -0.4 is 15.4 Å². The van der Waals surface area contributed by atoms with Crippen LogP contribution in [0.2, 0.25) is 0 Å². The standard InChI is InChI=1S/C19H20F2N2O3S/c1-27-10-9-17(19(25)23-16-8-7-13(20)11-15(16)21)22-18(24)12-26-14-5-3-2-4-6-14/h2-8,11,17H,9-10,12H2,1H3,(H,22,24)(H,23,25)/t17-/m1/s1. The summed E-state index contributed by atoms with van der Waals surface area (Å²) in [6, 6.07) is 10.8. The fourth-order valence-corrected chi connectivity index (χ4v) is 2.69. The van der Waals surface area contributed by atoms with Crippen LogP contribution in [0.1, 0.15) is 6.42 Å². The molecule has 0 aliphatic rings. The van der Waals surface area contributed by atoms with Gasteiger partial charge in [0.1, 0.15) is 23.4 Å². The topological polar surface area (TPSA) is 67.4 Å². The van der Waals surface area contributed by atoms with E-state index in [1.54, 1.807) is 24.3 Å². The van der Waals surface area contributed by atoms with Crippen LogP contribution >= 0.6 is 11.8 Å². The highest BCUT2D eigenvalue weighted by atomic mass is 32.2. The van der Waals surface area contributed by atoms with Gasteiger partial charge in [-0.3, -0.25) is 9.59 Å². The van der Waals surface area contributed by atoms with E-state index in [1.165, 1.54) is 11.8 Å². The SMILES string of the molecule is CSCC[C@@H](NC(=O)COc1ccccc1)C(=O)Nc1ccc(F)cc1F. The molecule has 0 aromatic heterocycles. The van der Waals surface area contributed by atoms with Crippen molar-refractivity contribution < 1.29 is 23.1 Å². The first-order chi connectivity index (χ1) is 13.0. The number of carbonyl (C=O) groups is 2. The molecule has 8 heteroatoms. The zero-order valence-electron chi connectivity index (χ0n) is 14.7. The molecule has 2 aromatic carbocycles. The number of nitrogens with one attached hydrogen (secondary N) is 2. The predicted molar refractivity (Wildman–Crippen MR) is 102 cm³/mol. The van der Waals surface area contributed by atoms with E-state index in [4.69, 9.17) is 4.74 Å². The van der Waals surface area contributed by atoms with Crippen molar-refractivity contribution >= 4 is 29.3 Å². The number of hydrogen-bond donors (Lipinski definition) is 2. The third-order valence-electron chi connectivity index (χ3n) is 3.56. The number of anilines is 1. The lowest BCUT2D eigenvalue weighted by Crippen LogP contribution is -2.46. The molecule has 0 saturated carbocycles. The zero-order chi connectivity index (χ0) is 19.6. The molecule has 0 aliphatic heterocycles. The van der Waals surface area contributed by atoms with Crippen molar-refractivity contribution in [2.45, 2.75) is 12.5 Å². The maximum atomic E-state index is 13.7. The summed E-state index contributed by atoms with van der Waals surface area (Å²) in [4.78, 5) is 24.5. The van der Waals surface area contributed by atoms with Gasteiger partial charge in [-0.2, -0.15) is 11.8 Å². The minimum atomic E-state index is -0.884. The number of amides is 2. The second-order valence-corrected chi connectivity index (χ2v) is 6.60. The van der Waals surface area contributed by atoms with Gasteiger partial charge in [0.2, 0.25) is 5.91 Å². The maximum Gasteiger partial charge on any atom is 0.258 e. The minimum absolute atomic E-state index is 0.148. The van der Waals surface area contributed by atoms with Crippen LogP contribution in [0.5, 0.6) is 5.75 Å². The molecule has 0 bridgehead atoms. The summed E-state index contributed by atoms with van der Waals surface area (Å²) in [5.41, 5.74) is -0.148. The van der Waals surface area contributed by atoms with E-state index in [0.29, 0.717) is 24.0 Å². The van der Waals surface area contributed by atoms with Gasteiger partial charge in [0.15, 0.2) is 6.61 Å².